The van der Waals surface area contributed by atoms with Gasteiger partial charge in [0, 0.05) is 34.3 Å². The maximum Gasteiger partial charge on any atom is 0.229 e. The molecule has 0 spiro atoms. The largest absolute Gasteiger partial charge is 0.337 e. The van der Waals surface area contributed by atoms with Gasteiger partial charge in [-0.3, -0.25) is 24.8 Å². The van der Waals surface area contributed by atoms with Gasteiger partial charge in [-0.2, -0.15) is 5.10 Å². The first-order valence-electron chi connectivity index (χ1n) is 11.9. The molecular weight excluding hydrogens is 464 g/mol. The molecule has 0 fully saturated rings. The third kappa shape index (κ3) is 4.20. The summed E-state index contributed by atoms with van der Waals surface area (Å²) < 4.78 is 0. The first-order valence-corrected chi connectivity index (χ1v) is 11.9. The van der Waals surface area contributed by atoms with Gasteiger partial charge in [-0.25, -0.2) is 4.98 Å². The molecule has 3 N–H and O–H groups in total. The lowest BCUT2D eigenvalue weighted by Gasteiger charge is -2.17. The molecule has 0 aliphatic carbocycles. The molecule has 0 saturated carbocycles. The molecule has 1 aromatic carbocycles. The number of rotatable bonds is 4. The van der Waals surface area contributed by atoms with Crippen LogP contribution in [0.5, 0.6) is 0 Å². The van der Waals surface area contributed by atoms with Crippen LogP contribution >= 0.6 is 0 Å². The summed E-state index contributed by atoms with van der Waals surface area (Å²) in [6.45, 7) is 5.60. The van der Waals surface area contributed by atoms with Crippen molar-refractivity contribution in [3.05, 3.63) is 73.3 Å². The van der Waals surface area contributed by atoms with Crippen molar-refractivity contribution < 1.29 is 4.79 Å². The maximum atomic E-state index is 12.4. The van der Waals surface area contributed by atoms with Gasteiger partial charge in [0.05, 0.1) is 46.0 Å². The van der Waals surface area contributed by atoms with E-state index in [1.807, 2.05) is 69.3 Å². The SMILES string of the molecule is CC(C)(C)C(=O)Nc1cncc(-c2cc3c(-c4nc5c(-c6ccccn6)cccc5[nH]4)n[nH]c3cn2)c1. The molecule has 0 aliphatic heterocycles. The first-order chi connectivity index (χ1) is 17.9. The van der Waals surface area contributed by atoms with Crippen molar-refractivity contribution in [3.63, 3.8) is 0 Å². The van der Waals surface area contributed by atoms with Crippen molar-refractivity contribution in [2.45, 2.75) is 20.8 Å². The summed E-state index contributed by atoms with van der Waals surface area (Å²) >= 11 is 0. The van der Waals surface area contributed by atoms with Crippen molar-refractivity contribution in [2.75, 3.05) is 5.32 Å². The predicted molar refractivity (Wildman–Crippen MR) is 144 cm³/mol. The highest BCUT2D eigenvalue weighted by Crippen LogP contribution is 2.32. The fourth-order valence-corrected chi connectivity index (χ4v) is 4.10. The van der Waals surface area contributed by atoms with Crippen molar-refractivity contribution in [1.82, 2.24) is 35.1 Å². The number of amides is 1. The minimum Gasteiger partial charge on any atom is -0.337 e. The summed E-state index contributed by atoms with van der Waals surface area (Å²) in [5.74, 6) is 0.563. The van der Waals surface area contributed by atoms with E-state index < -0.39 is 5.41 Å². The van der Waals surface area contributed by atoms with E-state index in [0.29, 0.717) is 22.9 Å². The van der Waals surface area contributed by atoms with Crippen molar-refractivity contribution >= 4 is 33.5 Å². The Bertz CT molecular complexity index is 1760. The van der Waals surface area contributed by atoms with E-state index in [-0.39, 0.29) is 5.91 Å². The Morgan fingerprint density at radius 3 is 2.62 bits per heavy atom. The topological polar surface area (TPSA) is 125 Å². The molecule has 6 rings (SSSR count). The summed E-state index contributed by atoms with van der Waals surface area (Å²) in [4.78, 5) is 34.1. The maximum absolute atomic E-state index is 12.4. The number of hydrogen-bond acceptors (Lipinski definition) is 6. The Morgan fingerprint density at radius 2 is 1.81 bits per heavy atom. The number of aromatic nitrogens is 7. The van der Waals surface area contributed by atoms with E-state index in [0.717, 1.165) is 38.8 Å². The van der Waals surface area contributed by atoms with Gasteiger partial charge in [-0.1, -0.05) is 39.0 Å². The number of fused-ring (bicyclic) bond motifs is 2. The first kappa shape index (κ1) is 22.5. The van der Waals surface area contributed by atoms with Crippen molar-refractivity contribution in [3.8, 4) is 34.0 Å². The van der Waals surface area contributed by atoms with Gasteiger partial charge < -0.3 is 10.3 Å². The minimum atomic E-state index is -0.512. The van der Waals surface area contributed by atoms with E-state index in [1.165, 1.54) is 0 Å². The fraction of sp³-hybridized carbons (Fsp3) is 0.143. The van der Waals surface area contributed by atoms with Crippen LogP contribution < -0.4 is 5.32 Å². The predicted octanol–water partition coefficient (Wildman–Crippen LogP) is 5.61. The minimum absolute atomic E-state index is 0.0815. The lowest BCUT2D eigenvalue weighted by molar-refractivity contribution is -0.123. The van der Waals surface area contributed by atoms with Gasteiger partial charge in [-0.05, 0) is 30.3 Å². The highest BCUT2D eigenvalue weighted by atomic mass is 16.2. The normalized spacial score (nSPS) is 11.8. The number of hydrogen-bond donors (Lipinski definition) is 3. The van der Waals surface area contributed by atoms with E-state index in [2.05, 4.69) is 35.5 Å². The molecule has 0 unspecified atom stereocenters. The average molecular weight is 489 g/mol. The third-order valence-corrected chi connectivity index (χ3v) is 6.10. The molecule has 1 amide bonds. The molecule has 9 heteroatoms. The molecule has 9 nitrogen and oxygen atoms in total. The molecule has 0 radical (unpaired) electrons. The number of para-hydroxylation sites is 1. The molecular formula is C28H24N8O. The van der Waals surface area contributed by atoms with Gasteiger partial charge in [-0.15, -0.1) is 0 Å². The summed E-state index contributed by atoms with van der Waals surface area (Å²) in [6.07, 6.45) is 6.86. The van der Waals surface area contributed by atoms with Gasteiger partial charge in [0.1, 0.15) is 5.69 Å². The van der Waals surface area contributed by atoms with Gasteiger partial charge in [0.25, 0.3) is 0 Å². The Kier molecular flexibility index (Phi) is 5.26. The number of imidazole rings is 1. The number of nitrogens with one attached hydrogen (secondary N) is 3. The van der Waals surface area contributed by atoms with Crippen molar-refractivity contribution in [1.29, 1.82) is 0 Å². The van der Waals surface area contributed by atoms with Crippen LogP contribution in [0.3, 0.4) is 0 Å². The number of carbonyl (C=O) groups excluding carboxylic acids is 1. The number of nitrogens with zero attached hydrogens (tertiary/aromatic N) is 5. The third-order valence-electron chi connectivity index (χ3n) is 6.10. The van der Waals surface area contributed by atoms with Crippen LogP contribution in [0, 0.1) is 5.41 Å². The lowest BCUT2D eigenvalue weighted by atomic mass is 9.95. The van der Waals surface area contributed by atoms with Crippen LogP contribution in [0.4, 0.5) is 5.69 Å². The van der Waals surface area contributed by atoms with Crippen LogP contribution in [0.15, 0.2) is 73.3 Å². The Labute approximate surface area is 212 Å². The highest BCUT2D eigenvalue weighted by molar-refractivity contribution is 5.98. The Hall–Kier alpha value is -4.92. The molecule has 182 valence electrons. The second kappa shape index (κ2) is 8.63. The van der Waals surface area contributed by atoms with Crippen LogP contribution in [-0.4, -0.2) is 41.0 Å². The Balaban J connectivity index is 1.40. The molecule has 6 aromatic rings. The van der Waals surface area contributed by atoms with E-state index in [4.69, 9.17) is 4.98 Å². The second-order valence-corrected chi connectivity index (χ2v) is 9.86. The van der Waals surface area contributed by atoms with E-state index in [9.17, 15) is 4.79 Å². The Morgan fingerprint density at radius 1 is 0.919 bits per heavy atom. The van der Waals surface area contributed by atoms with E-state index >= 15 is 0 Å². The summed E-state index contributed by atoms with van der Waals surface area (Å²) in [5.41, 5.74) is 6.60. The number of benzene rings is 1. The lowest BCUT2D eigenvalue weighted by Crippen LogP contribution is -2.27. The zero-order valence-corrected chi connectivity index (χ0v) is 20.6. The molecule has 37 heavy (non-hydrogen) atoms. The number of H-pyrrole nitrogens is 2. The second-order valence-electron chi connectivity index (χ2n) is 9.86. The van der Waals surface area contributed by atoms with Crippen LogP contribution in [0.1, 0.15) is 20.8 Å². The summed E-state index contributed by atoms with van der Waals surface area (Å²) in [7, 11) is 0. The van der Waals surface area contributed by atoms with Crippen LogP contribution in [0.2, 0.25) is 0 Å². The summed E-state index contributed by atoms with van der Waals surface area (Å²) in [6, 6.07) is 15.6. The molecule has 0 atom stereocenters. The molecule has 0 saturated heterocycles. The molecule has 5 heterocycles. The fourth-order valence-electron chi connectivity index (χ4n) is 4.10. The average Bonchev–Trinajstić information content (AvgIpc) is 3.52. The standard InChI is InChI=1S/C28H24N8O/c1-28(2,3)27(37)32-17-11-16(13-29-14-17)22-12-19-23(15-31-22)35-36-25(19)26-33-21-9-6-7-18(24(21)34-26)20-8-4-5-10-30-20/h4-15H,1-3H3,(H,32,37)(H,33,34)(H,35,36). The monoisotopic (exact) mass is 488 g/mol. The quantitative estimate of drug-likeness (QED) is 0.296. The number of anilines is 1. The van der Waals surface area contributed by atoms with Gasteiger partial charge in [0.15, 0.2) is 5.82 Å². The summed E-state index contributed by atoms with van der Waals surface area (Å²) in [5, 5.41) is 11.4. The number of aromatic amines is 2. The van der Waals surface area contributed by atoms with E-state index in [1.54, 1.807) is 24.8 Å². The van der Waals surface area contributed by atoms with Crippen molar-refractivity contribution in [2.24, 2.45) is 5.41 Å². The van der Waals surface area contributed by atoms with Crippen LogP contribution in [-0.2, 0) is 4.79 Å². The van der Waals surface area contributed by atoms with Crippen LogP contribution in [0.25, 0.3) is 56.0 Å². The number of pyridine rings is 3. The molecule has 0 bridgehead atoms. The van der Waals surface area contributed by atoms with Gasteiger partial charge in [0.2, 0.25) is 5.91 Å². The zero-order chi connectivity index (χ0) is 25.6. The highest BCUT2D eigenvalue weighted by Gasteiger charge is 2.21. The molecule has 5 aromatic heterocycles. The molecule has 0 aliphatic rings. The smallest absolute Gasteiger partial charge is 0.229 e. The number of carbonyl (C=O) groups is 1. The van der Waals surface area contributed by atoms with Gasteiger partial charge >= 0.3 is 0 Å². The zero-order valence-electron chi connectivity index (χ0n) is 20.6.